The minimum atomic E-state index is 0.294. The molecule has 0 spiro atoms. The molecule has 0 aromatic carbocycles. The first-order valence-electron chi connectivity index (χ1n) is 8.42. The van der Waals surface area contributed by atoms with E-state index in [1.807, 2.05) is 0 Å². The van der Waals surface area contributed by atoms with Crippen LogP contribution in [0.2, 0.25) is 0 Å². The van der Waals surface area contributed by atoms with Crippen molar-refractivity contribution in [3.63, 3.8) is 0 Å². The molecule has 0 aromatic rings. The van der Waals surface area contributed by atoms with Crippen LogP contribution < -0.4 is 5.32 Å². The minimum Gasteiger partial charge on any atom is -0.395 e. The summed E-state index contributed by atoms with van der Waals surface area (Å²) >= 11 is 0. The highest BCUT2D eigenvalue weighted by atomic mass is 16.3. The smallest absolute Gasteiger partial charge is 0.0558 e. The molecule has 1 aliphatic carbocycles. The highest BCUT2D eigenvalue weighted by molar-refractivity contribution is 4.91. The lowest BCUT2D eigenvalue weighted by Gasteiger charge is -2.40. The molecule has 2 aliphatic rings. The maximum absolute atomic E-state index is 9.01. The van der Waals surface area contributed by atoms with Gasteiger partial charge in [-0.25, -0.2) is 0 Å². The van der Waals surface area contributed by atoms with Crippen molar-refractivity contribution in [2.24, 2.45) is 5.41 Å². The zero-order chi connectivity index (χ0) is 14.4. The normalized spacial score (nSPS) is 24.6. The van der Waals surface area contributed by atoms with Gasteiger partial charge in [0.1, 0.15) is 0 Å². The molecule has 1 saturated heterocycles. The van der Waals surface area contributed by atoms with E-state index in [1.165, 1.54) is 51.9 Å². The summed E-state index contributed by atoms with van der Waals surface area (Å²) in [7, 11) is 0. The fraction of sp³-hybridized carbons (Fsp3) is 1.00. The van der Waals surface area contributed by atoms with Crippen LogP contribution in [0.5, 0.6) is 0 Å². The fourth-order valence-corrected chi connectivity index (χ4v) is 3.72. The van der Waals surface area contributed by atoms with Crippen LogP contribution in [0.1, 0.15) is 39.5 Å². The van der Waals surface area contributed by atoms with Crippen molar-refractivity contribution in [3.8, 4) is 0 Å². The molecule has 2 rings (SSSR count). The molecule has 1 aliphatic heterocycles. The number of nitrogens with zero attached hydrogens (tertiary/aromatic N) is 2. The number of aliphatic hydroxyl groups is 1. The van der Waals surface area contributed by atoms with Crippen molar-refractivity contribution in [2.75, 3.05) is 52.4 Å². The standard InChI is InChI=1S/C16H33N3O/c1-15(2)17-13-16(5-3-4-6-16)14-19-9-7-18(8-10-19)11-12-20/h15,17,20H,3-14H2,1-2H3. The van der Waals surface area contributed by atoms with Crippen LogP contribution in [0.4, 0.5) is 0 Å². The van der Waals surface area contributed by atoms with E-state index in [1.54, 1.807) is 0 Å². The van der Waals surface area contributed by atoms with E-state index >= 15 is 0 Å². The first-order chi connectivity index (χ1) is 9.63. The van der Waals surface area contributed by atoms with Crippen LogP contribution in [0.25, 0.3) is 0 Å². The van der Waals surface area contributed by atoms with E-state index < -0.39 is 0 Å². The van der Waals surface area contributed by atoms with Crippen LogP contribution in [0.15, 0.2) is 0 Å². The maximum atomic E-state index is 9.01. The maximum Gasteiger partial charge on any atom is 0.0558 e. The Morgan fingerprint density at radius 2 is 1.65 bits per heavy atom. The largest absolute Gasteiger partial charge is 0.395 e. The third-order valence-electron chi connectivity index (χ3n) is 4.99. The monoisotopic (exact) mass is 283 g/mol. The number of nitrogens with one attached hydrogen (secondary N) is 1. The van der Waals surface area contributed by atoms with Gasteiger partial charge in [-0.05, 0) is 18.3 Å². The van der Waals surface area contributed by atoms with Gasteiger partial charge in [0.2, 0.25) is 0 Å². The topological polar surface area (TPSA) is 38.7 Å². The molecule has 4 nitrogen and oxygen atoms in total. The van der Waals surface area contributed by atoms with Crippen molar-refractivity contribution in [3.05, 3.63) is 0 Å². The molecule has 0 radical (unpaired) electrons. The van der Waals surface area contributed by atoms with E-state index in [0.717, 1.165) is 19.6 Å². The molecule has 0 amide bonds. The van der Waals surface area contributed by atoms with Gasteiger partial charge >= 0.3 is 0 Å². The average Bonchev–Trinajstić information content (AvgIpc) is 2.88. The van der Waals surface area contributed by atoms with Gasteiger partial charge in [0, 0.05) is 51.9 Å². The highest BCUT2D eigenvalue weighted by Crippen LogP contribution is 2.38. The quantitative estimate of drug-likeness (QED) is 0.735. The molecule has 1 heterocycles. The summed E-state index contributed by atoms with van der Waals surface area (Å²) in [6, 6.07) is 0.592. The number of β-amino-alcohol motifs (C(OH)–C–C–N with tert-alkyl or cyclic N) is 1. The van der Waals surface area contributed by atoms with Gasteiger partial charge in [0.25, 0.3) is 0 Å². The molecular weight excluding hydrogens is 250 g/mol. The molecule has 4 heteroatoms. The highest BCUT2D eigenvalue weighted by Gasteiger charge is 2.36. The van der Waals surface area contributed by atoms with Gasteiger partial charge in [-0.2, -0.15) is 0 Å². The van der Waals surface area contributed by atoms with Crippen molar-refractivity contribution >= 4 is 0 Å². The molecule has 0 unspecified atom stereocenters. The summed E-state index contributed by atoms with van der Waals surface area (Å²) in [4.78, 5) is 5.03. The van der Waals surface area contributed by atoms with Gasteiger partial charge in [-0.3, -0.25) is 4.90 Å². The van der Waals surface area contributed by atoms with Crippen LogP contribution >= 0.6 is 0 Å². The van der Waals surface area contributed by atoms with Crippen LogP contribution in [-0.2, 0) is 0 Å². The second kappa shape index (κ2) is 7.74. The Balaban J connectivity index is 1.80. The van der Waals surface area contributed by atoms with Crippen LogP contribution in [0.3, 0.4) is 0 Å². The summed E-state index contributed by atoms with van der Waals surface area (Å²) in [5.74, 6) is 0. The van der Waals surface area contributed by atoms with Gasteiger partial charge in [-0.1, -0.05) is 26.7 Å². The molecule has 2 N–H and O–H groups in total. The summed E-state index contributed by atoms with van der Waals surface area (Å²) in [5.41, 5.74) is 0.517. The van der Waals surface area contributed by atoms with Gasteiger partial charge < -0.3 is 15.3 Å². The minimum absolute atomic E-state index is 0.294. The Morgan fingerprint density at radius 1 is 1.05 bits per heavy atom. The van der Waals surface area contributed by atoms with E-state index in [-0.39, 0.29) is 0 Å². The molecule has 1 saturated carbocycles. The van der Waals surface area contributed by atoms with Crippen molar-refractivity contribution in [1.82, 2.24) is 15.1 Å². The second-order valence-electron chi connectivity index (χ2n) is 7.08. The predicted octanol–water partition coefficient (Wildman–Crippen LogP) is 1.15. The van der Waals surface area contributed by atoms with Gasteiger partial charge in [0.15, 0.2) is 0 Å². The second-order valence-corrected chi connectivity index (χ2v) is 7.08. The first kappa shape index (κ1) is 16.2. The number of piperazine rings is 1. The Bertz CT molecular complexity index is 269. The zero-order valence-electron chi connectivity index (χ0n) is 13.4. The van der Waals surface area contributed by atoms with Crippen LogP contribution in [0, 0.1) is 5.41 Å². The number of aliphatic hydroxyl groups excluding tert-OH is 1. The molecule has 0 atom stereocenters. The molecule has 20 heavy (non-hydrogen) atoms. The first-order valence-corrected chi connectivity index (χ1v) is 8.42. The lowest BCUT2D eigenvalue weighted by atomic mass is 9.85. The Kier molecular flexibility index (Phi) is 6.27. The molecule has 0 bridgehead atoms. The van der Waals surface area contributed by atoms with Gasteiger partial charge in [-0.15, -0.1) is 0 Å². The lowest BCUT2D eigenvalue weighted by Crippen LogP contribution is -2.52. The zero-order valence-corrected chi connectivity index (χ0v) is 13.4. The lowest BCUT2D eigenvalue weighted by molar-refractivity contribution is 0.0752. The van der Waals surface area contributed by atoms with Crippen LogP contribution in [-0.4, -0.2) is 73.4 Å². The summed E-state index contributed by atoms with van der Waals surface area (Å²) in [6.07, 6.45) is 5.60. The third-order valence-corrected chi connectivity index (χ3v) is 4.99. The Labute approximate surface area is 124 Å². The van der Waals surface area contributed by atoms with E-state index in [4.69, 9.17) is 5.11 Å². The number of hydrogen-bond acceptors (Lipinski definition) is 4. The molecule has 2 fully saturated rings. The average molecular weight is 283 g/mol. The fourth-order valence-electron chi connectivity index (χ4n) is 3.72. The third kappa shape index (κ3) is 4.69. The summed E-state index contributed by atoms with van der Waals surface area (Å²) in [5, 5.41) is 12.7. The van der Waals surface area contributed by atoms with E-state index in [9.17, 15) is 0 Å². The number of hydrogen-bond donors (Lipinski definition) is 2. The SMILES string of the molecule is CC(C)NCC1(CN2CCN(CCO)CC2)CCCC1. The predicted molar refractivity (Wildman–Crippen MR) is 84.0 cm³/mol. The van der Waals surface area contributed by atoms with Crippen molar-refractivity contribution < 1.29 is 5.11 Å². The molecule has 0 aromatic heterocycles. The Hall–Kier alpha value is -0.160. The van der Waals surface area contributed by atoms with Crippen molar-refractivity contribution in [2.45, 2.75) is 45.6 Å². The number of rotatable bonds is 7. The van der Waals surface area contributed by atoms with E-state index in [2.05, 4.69) is 29.0 Å². The molecule has 118 valence electrons. The summed E-state index contributed by atoms with van der Waals surface area (Å²) < 4.78 is 0. The van der Waals surface area contributed by atoms with Crippen molar-refractivity contribution in [1.29, 1.82) is 0 Å². The van der Waals surface area contributed by atoms with E-state index in [0.29, 0.717) is 18.1 Å². The molecular formula is C16H33N3O. The Morgan fingerprint density at radius 3 is 2.20 bits per heavy atom. The van der Waals surface area contributed by atoms with Gasteiger partial charge in [0.05, 0.1) is 6.61 Å². The summed E-state index contributed by atoms with van der Waals surface area (Å²) in [6.45, 7) is 12.7.